The van der Waals surface area contributed by atoms with Crippen molar-refractivity contribution in [3.8, 4) is 0 Å². The lowest BCUT2D eigenvalue weighted by atomic mass is 10.1. The van der Waals surface area contributed by atoms with Crippen LogP contribution in [0.25, 0.3) is 6.08 Å². The molecule has 3 rings (SSSR count). The van der Waals surface area contributed by atoms with Gasteiger partial charge in [0.05, 0.1) is 4.92 Å². The first-order chi connectivity index (χ1) is 11.5. The first-order valence-electron chi connectivity index (χ1n) is 6.98. The lowest BCUT2D eigenvalue weighted by molar-refractivity contribution is -0.384. The highest BCUT2D eigenvalue weighted by Gasteiger charge is 2.26. The minimum Gasteiger partial charge on any atom is -0.402 e. The molecule has 2 aromatic carbocycles. The molecule has 0 aromatic heterocycles. The fraction of sp³-hybridized carbons (Fsp3) is 0.0588. The maximum atomic E-state index is 12.0. The summed E-state index contributed by atoms with van der Waals surface area (Å²) in [5.41, 5.74) is 2.01. The lowest BCUT2D eigenvalue weighted by Gasteiger charge is -2.00. The van der Waals surface area contributed by atoms with Crippen molar-refractivity contribution < 1.29 is 14.5 Å². The Labute approximate surface area is 142 Å². The third-order valence-corrected chi connectivity index (χ3v) is 3.81. The lowest BCUT2D eigenvalue weighted by Crippen LogP contribution is -2.06. The second kappa shape index (κ2) is 6.25. The summed E-state index contributed by atoms with van der Waals surface area (Å²) >= 11 is 5.78. The van der Waals surface area contributed by atoms with Gasteiger partial charge in [-0.15, -0.1) is 0 Å². The third kappa shape index (κ3) is 3.04. The van der Waals surface area contributed by atoms with Crippen molar-refractivity contribution in [1.29, 1.82) is 0 Å². The Morgan fingerprint density at radius 1 is 1.25 bits per heavy atom. The molecule has 0 saturated heterocycles. The standard InChI is InChI=1S/C17H11ClN2O4/c1-10-4-2-3-5-11(10)8-14-17(21)24-16(19-14)12-6-7-13(18)15(9-12)20(22)23/h2-9H,1H3. The SMILES string of the molecule is Cc1ccccc1C=C1N=C(c2ccc(Cl)c([N+](=O)[O-])c2)OC1=O. The number of nitrogens with zero attached hydrogens (tertiary/aromatic N) is 2. The summed E-state index contributed by atoms with van der Waals surface area (Å²) in [7, 11) is 0. The van der Waals surface area contributed by atoms with Crippen molar-refractivity contribution in [2.75, 3.05) is 0 Å². The topological polar surface area (TPSA) is 81.8 Å². The monoisotopic (exact) mass is 342 g/mol. The van der Waals surface area contributed by atoms with E-state index in [2.05, 4.69) is 4.99 Å². The molecule has 0 unspecified atom stereocenters. The van der Waals surface area contributed by atoms with Crippen LogP contribution in [0.4, 0.5) is 5.69 Å². The number of nitro benzene ring substituents is 1. The Kier molecular flexibility index (Phi) is 4.14. The van der Waals surface area contributed by atoms with Gasteiger partial charge in [-0.2, -0.15) is 0 Å². The number of ether oxygens (including phenoxy) is 1. The third-order valence-electron chi connectivity index (χ3n) is 3.49. The van der Waals surface area contributed by atoms with Crippen molar-refractivity contribution >= 4 is 35.2 Å². The van der Waals surface area contributed by atoms with Gasteiger partial charge in [0.25, 0.3) is 5.69 Å². The van der Waals surface area contributed by atoms with Crippen LogP contribution in [-0.4, -0.2) is 16.8 Å². The number of nitro groups is 1. The zero-order valence-electron chi connectivity index (χ0n) is 12.5. The highest BCUT2D eigenvalue weighted by atomic mass is 35.5. The number of hydrogen-bond acceptors (Lipinski definition) is 5. The zero-order chi connectivity index (χ0) is 17.3. The number of rotatable bonds is 3. The molecule has 0 fully saturated rings. The Morgan fingerprint density at radius 2 is 2.00 bits per heavy atom. The number of carbonyl (C=O) groups is 1. The van der Waals surface area contributed by atoms with Crippen LogP contribution >= 0.6 is 11.6 Å². The van der Waals surface area contributed by atoms with Gasteiger partial charge in [-0.05, 0) is 36.3 Å². The fourth-order valence-electron chi connectivity index (χ4n) is 2.21. The molecule has 1 aliphatic rings. The Hall–Kier alpha value is -2.99. The molecule has 0 aliphatic carbocycles. The number of hydrogen-bond donors (Lipinski definition) is 0. The first-order valence-corrected chi connectivity index (χ1v) is 7.36. The summed E-state index contributed by atoms with van der Waals surface area (Å²) < 4.78 is 5.12. The summed E-state index contributed by atoms with van der Waals surface area (Å²) in [6.45, 7) is 1.92. The van der Waals surface area contributed by atoms with Crippen LogP contribution in [0.5, 0.6) is 0 Å². The normalized spacial score (nSPS) is 15.3. The van der Waals surface area contributed by atoms with Crippen LogP contribution in [0.1, 0.15) is 16.7 Å². The highest BCUT2D eigenvalue weighted by molar-refractivity contribution is 6.32. The van der Waals surface area contributed by atoms with E-state index in [4.69, 9.17) is 16.3 Å². The number of cyclic esters (lactones) is 1. The highest BCUT2D eigenvalue weighted by Crippen LogP contribution is 2.27. The number of benzene rings is 2. The van der Waals surface area contributed by atoms with Crippen molar-refractivity contribution in [2.24, 2.45) is 4.99 Å². The average molecular weight is 343 g/mol. The smallest absolute Gasteiger partial charge is 0.363 e. The van der Waals surface area contributed by atoms with E-state index in [9.17, 15) is 14.9 Å². The number of halogens is 1. The van der Waals surface area contributed by atoms with E-state index in [0.717, 1.165) is 11.1 Å². The number of aryl methyl sites for hydroxylation is 1. The van der Waals surface area contributed by atoms with E-state index >= 15 is 0 Å². The summed E-state index contributed by atoms with van der Waals surface area (Å²) in [5.74, 6) is -0.592. The molecule has 7 heteroatoms. The van der Waals surface area contributed by atoms with Crippen molar-refractivity contribution in [2.45, 2.75) is 6.92 Å². The van der Waals surface area contributed by atoms with Gasteiger partial charge in [-0.1, -0.05) is 35.9 Å². The van der Waals surface area contributed by atoms with Crippen molar-refractivity contribution in [3.63, 3.8) is 0 Å². The minimum atomic E-state index is -0.606. The second-order valence-corrected chi connectivity index (χ2v) is 5.52. The molecule has 0 radical (unpaired) electrons. The van der Waals surface area contributed by atoms with Gasteiger partial charge in [0.2, 0.25) is 5.90 Å². The van der Waals surface area contributed by atoms with Crippen LogP contribution < -0.4 is 0 Å². The molecule has 0 amide bonds. The van der Waals surface area contributed by atoms with E-state index in [0.29, 0.717) is 5.56 Å². The predicted molar refractivity (Wildman–Crippen MR) is 89.9 cm³/mol. The molecule has 24 heavy (non-hydrogen) atoms. The maximum absolute atomic E-state index is 12.0. The van der Waals surface area contributed by atoms with E-state index < -0.39 is 10.9 Å². The maximum Gasteiger partial charge on any atom is 0.363 e. The van der Waals surface area contributed by atoms with Gasteiger partial charge in [0.15, 0.2) is 5.70 Å². The van der Waals surface area contributed by atoms with Crippen LogP contribution in [0.3, 0.4) is 0 Å². The molecule has 0 N–H and O–H groups in total. The first kappa shape index (κ1) is 15.9. The minimum absolute atomic E-state index is 0.00403. The molecule has 1 heterocycles. The van der Waals surface area contributed by atoms with Crippen molar-refractivity contribution in [1.82, 2.24) is 0 Å². The summed E-state index contributed by atoms with van der Waals surface area (Å²) in [6, 6.07) is 11.6. The van der Waals surface area contributed by atoms with Crippen LogP contribution in [-0.2, 0) is 9.53 Å². The van der Waals surface area contributed by atoms with E-state index in [-0.39, 0.29) is 22.3 Å². The van der Waals surface area contributed by atoms with Gasteiger partial charge < -0.3 is 4.74 Å². The Balaban J connectivity index is 2.00. The van der Waals surface area contributed by atoms with E-state index in [1.807, 2.05) is 31.2 Å². The van der Waals surface area contributed by atoms with E-state index in [1.54, 1.807) is 6.08 Å². The van der Waals surface area contributed by atoms with Crippen molar-refractivity contribution in [3.05, 3.63) is 80.0 Å². The number of esters is 1. The fourth-order valence-corrected chi connectivity index (χ4v) is 2.40. The molecule has 1 aliphatic heterocycles. The van der Waals surface area contributed by atoms with Crippen LogP contribution in [0.2, 0.25) is 5.02 Å². The summed E-state index contributed by atoms with van der Waals surface area (Å²) in [4.78, 5) is 26.5. The average Bonchev–Trinajstić information content (AvgIpc) is 2.91. The second-order valence-electron chi connectivity index (χ2n) is 5.12. The molecular weight excluding hydrogens is 332 g/mol. The zero-order valence-corrected chi connectivity index (χ0v) is 13.3. The Morgan fingerprint density at radius 3 is 2.71 bits per heavy atom. The molecule has 120 valence electrons. The number of aliphatic imine (C=N–C) groups is 1. The summed E-state index contributed by atoms with van der Waals surface area (Å²) in [6.07, 6.45) is 1.62. The van der Waals surface area contributed by atoms with E-state index in [1.165, 1.54) is 18.2 Å². The molecule has 0 saturated carbocycles. The quantitative estimate of drug-likeness (QED) is 0.366. The molecule has 6 nitrogen and oxygen atoms in total. The predicted octanol–water partition coefficient (Wildman–Crippen LogP) is 3.90. The van der Waals surface area contributed by atoms with Crippen LogP contribution in [0.15, 0.2) is 53.2 Å². The molecule has 0 bridgehead atoms. The van der Waals surface area contributed by atoms with Gasteiger partial charge in [-0.25, -0.2) is 9.79 Å². The Bertz CT molecular complexity index is 919. The molecule has 2 aromatic rings. The largest absolute Gasteiger partial charge is 0.402 e. The molecular formula is C17H11ClN2O4. The molecule has 0 spiro atoms. The van der Waals surface area contributed by atoms with Gasteiger partial charge in [0, 0.05) is 11.6 Å². The van der Waals surface area contributed by atoms with Gasteiger partial charge in [0.1, 0.15) is 5.02 Å². The molecule has 0 atom stereocenters. The van der Waals surface area contributed by atoms with Crippen LogP contribution in [0, 0.1) is 17.0 Å². The van der Waals surface area contributed by atoms with Gasteiger partial charge in [-0.3, -0.25) is 10.1 Å². The number of carbonyl (C=O) groups excluding carboxylic acids is 1. The summed E-state index contributed by atoms with van der Waals surface area (Å²) in [5, 5.41) is 11.0. The van der Waals surface area contributed by atoms with Gasteiger partial charge >= 0.3 is 5.97 Å².